The van der Waals surface area contributed by atoms with E-state index < -0.39 is 0 Å². The lowest BCUT2D eigenvalue weighted by Crippen LogP contribution is -2.17. The zero-order valence-corrected chi connectivity index (χ0v) is 13.7. The van der Waals surface area contributed by atoms with Crippen molar-refractivity contribution in [2.75, 3.05) is 24.9 Å². The number of aromatic nitrogens is 1. The average Bonchev–Trinajstić information content (AvgIpc) is 2.56. The Morgan fingerprint density at radius 3 is 2.48 bits per heavy atom. The van der Waals surface area contributed by atoms with Crippen LogP contribution in [0.4, 0.5) is 17.2 Å². The lowest BCUT2D eigenvalue weighted by atomic mass is 10.2. The molecule has 6 heteroatoms. The van der Waals surface area contributed by atoms with E-state index in [2.05, 4.69) is 15.6 Å². The number of rotatable bonds is 6. The third-order valence-electron chi connectivity index (χ3n) is 3.22. The molecule has 2 N–H and O–H groups in total. The van der Waals surface area contributed by atoms with Crippen LogP contribution in [0.3, 0.4) is 0 Å². The molecular weight excluding hydrogens is 294 g/mol. The molecule has 0 saturated carbocycles. The fourth-order valence-corrected chi connectivity index (χ4v) is 1.88. The number of carbonyl (C=O) groups is 1. The molecule has 1 aromatic carbocycles. The Kier molecular flexibility index (Phi) is 5.41. The van der Waals surface area contributed by atoms with Gasteiger partial charge in [0.15, 0.2) is 0 Å². The monoisotopic (exact) mass is 315 g/mol. The predicted molar refractivity (Wildman–Crippen MR) is 90.5 cm³/mol. The van der Waals surface area contributed by atoms with Crippen molar-refractivity contribution < 1.29 is 14.3 Å². The summed E-state index contributed by atoms with van der Waals surface area (Å²) in [5, 5.41) is 5.97. The maximum atomic E-state index is 11.7. The van der Waals surface area contributed by atoms with Crippen LogP contribution in [0.1, 0.15) is 13.8 Å². The highest BCUT2D eigenvalue weighted by Gasteiger charge is 2.08. The van der Waals surface area contributed by atoms with Gasteiger partial charge in [-0.25, -0.2) is 4.98 Å². The van der Waals surface area contributed by atoms with Crippen molar-refractivity contribution in [3.05, 3.63) is 36.5 Å². The highest BCUT2D eigenvalue weighted by molar-refractivity contribution is 5.92. The molecule has 1 heterocycles. The van der Waals surface area contributed by atoms with Crippen molar-refractivity contribution in [3.8, 4) is 11.5 Å². The normalized spacial score (nSPS) is 10.3. The Morgan fingerprint density at radius 2 is 1.91 bits per heavy atom. The van der Waals surface area contributed by atoms with E-state index in [0.717, 1.165) is 5.69 Å². The Labute approximate surface area is 135 Å². The van der Waals surface area contributed by atoms with Crippen LogP contribution in [-0.2, 0) is 4.79 Å². The number of hydrogen-bond donors (Lipinski definition) is 2. The molecule has 2 aromatic rings. The van der Waals surface area contributed by atoms with E-state index in [0.29, 0.717) is 23.0 Å². The van der Waals surface area contributed by atoms with Crippen LogP contribution >= 0.6 is 0 Å². The number of nitrogens with zero attached hydrogens (tertiary/aromatic N) is 1. The summed E-state index contributed by atoms with van der Waals surface area (Å²) in [7, 11) is 3.21. The van der Waals surface area contributed by atoms with Crippen molar-refractivity contribution >= 4 is 23.1 Å². The maximum absolute atomic E-state index is 11.7. The second-order valence-corrected chi connectivity index (χ2v) is 5.27. The van der Waals surface area contributed by atoms with E-state index in [1.54, 1.807) is 32.5 Å². The zero-order chi connectivity index (χ0) is 16.8. The highest BCUT2D eigenvalue weighted by Crippen LogP contribution is 2.31. The van der Waals surface area contributed by atoms with E-state index in [4.69, 9.17) is 9.47 Å². The number of nitrogens with one attached hydrogen (secondary N) is 2. The lowest BCUT2D eigenvalue weighted by molar-refractivity contribution is -0.118. The molecule has 0 aliphatic carbocycles. The molecule has 0 radical (unpaired) electrons. The molecule has 0 spiro atoms. The summed E-state index contributed by atoms with van der Waals surface area (Å²) in [5.74, 6) is 1.92. The van der Waals surface area contributed by atoms with E-state index in [9.17, 15) is 4.79 Å². The number of pyridine rings is 1. The molecule has 0 fully saturated rings. The third-order valence-corrected chi connectivity index (χ3v) is 3.22. The lowest BCUT2D eigenvalue weighted by Gasteiger charge is -2.13. The van der Waals surface area contributed by atoms with E-state index in [-0.39, 0.29) is 11.8 Å². The van der Waals surface area contributed by atoms with Gasteiger partial charge in [-0.15, -0.1) is 0 Å². The molecule has 23 heavy (non-hydrogen) atoms. The standard InChI is InChI=1S/C17H21N3O3/c1-11(2)17(21)19-12-5-8-16(18-10-12)20-14-9-13(22-3)6-7-15(14)23-4/h5-11H,1-4H3,(H,18,20)(H,19,21). The van der Waals surface area contributed by atoms with Crippen molar-refractivity contribution in [2.24, 2.45) is 5.92 Å². The van der Waals surface area contributed by atoms with Gasteiger partial charge in [0.2, 0.25) is 5.91 Å². The molecule has 0 unspecified atom stereocenters. The van der Waals surface area contributed by atoms with Gasteiger partial charge in [0.25, 0.3) is 0 Å². The second kappa shape index (κ2) is 7.49. The van der Waals surface area contributed by atoms with Gasteiger partial charge in [-0.05, 0) is 24.3 Å². The summed E-state index contributed by atoms with van der Waals surface area (Å²) in [6, 6.07) is 9.05. The number of methoxy groups -OCH3 is 2. The van der Waals surface area contributed by atoms with Crippen LogP contribution in [0.25, 0.3) is 0 Å². The first-order valence-corrected chi connectivity index (χ1v) is 7.29. The minimum Gasteiger partial charge on any atom is -0.497 e. The molecule has 0 aliphatic heterocycles. The molecule has 0 aliphatic rings. The van der Waals surface area contributed by atoms with E-state index >= 15 is 0 Å². The highest BCUT2D eigenvalue weighted by atomic mass is 16.5. The van der Waals surface area contributed by atoms with Crippen LogP contribution < -0.4 is 20.1 Å². The Morgan fingerprint density at radius 1 is 1.13 bits per heavy atom. The smallest absolute Gasteiger partial charge is 0.226 e. The van der Waals surface area contributed by atoms with Gasteiger partial charge in [-0.3, -0.25) is 4.79 Å². The van der Waals surface area contributed by atoms with Gasteiger partial charge in [0, 0.05) is 12.0 Å². The minimum atomic E-state index is -0.0751. The SMILES string of the molecule is COc1ccc(OC)c(Nc2ccc(NC(=O)C(C)C)cn2)c1. The van der Waals surface area contributed by atoms with Gasteiger partial charge >= 0.3 is 0 Å². The molecule has 6 nitrogen and oxygen atoms in total. The van der Waals surface area contributed by atoms with Gasteiger partial charge < -0.3 is 20.1 Å². The minimum absolute atomic E-state index is 0.0398. The average molecular weight is 315 g/mol. The van der Waals surface area contributed by atoms with Gasteiger partial charge in [-0.1, -0.05) is 13.8 Å². The second-order valence-electron chi connectivity index (χ2n) is 5.27. The number of anilines is 3. The number of amides is 1. The summed E-state index contributed by atoms with van der Waals surface area (Å²) in [5.41, 5.74) is 1.41. The molecule has 0 atom stereocenters. The summed E-state index contributed by atoms with van der Waals surface area (Å²) in [4.78, 5) is 16.0. The summed E-state index contributed by atoms with van der Waals surface area (Å²) in [6.45, 7) is 3.68. The first-order chi connectivity index (χ1) is 11.0. The molecule has 0 saturated heterocycles. The van der Waals surface area contributed by atoms with Gasteiger partial charge in [-0.2, -0.15) is 0 Å². The first kappa shape index (κ1) is 16.6. The largest absolute Gasteiger partial charge is 0.497 e. The predicted octanol–water partition coefficient (Wildman–Crippen LogP) is 3.44. The fourth-order valence-electron chi connectivity index (χ4n) is 1.88. The van der Waals surface area contributed by atoms with Crippen LogP contribution in [0, 0.1) is 5.92 Å². The first-order valence-electron chi connectivity index (χ1n) is 7.29. The van der Waals surface area contributed by atoms with Crippen LogP contribution in [0.2, 0.25) is 0 Å². The molecular formula is C17H21N3O3. The number of hydrogen-bond acceptors (Lipinski definition) is 5. The van der Waals surface area contributed by atoms with Crippen LogP contribution in [-0.4, -0.2) is 25.1 Å². The molecule has 122 valence electrons. The fraction of sp³-hybridized carbons (Fsp3) is 0.294. The number of carbonyl (C=O) groups excluding carboxylic acids is 1. The Hall–Kier alpha value is -2.76. The van der Waals surface area contributed by atoms with Crippen LogP contribution in [0.15, 0.2) is 36.5 Å². The van der Waals surface area contributed by atoms with Gasteiger partial charge in [0.05, 0.1) is 31.8 Å². The van der Waals surface area contributed by atoms with Crippen molar-refractivity contribution in [1.82, 2.24) is 4.98 Å². The number of benzene rings is 1. The molecule has 0 bridgehead atoms. The molecule has 2 rings (SSSR count). The van der Waals surface area contributed by atoms with E-state index in [1.807, 2.05) is 32.0 Å². The van der Waals surface area contributed by atoms with E-state index in [1.165, 1.54) is 0 Å². The van der Waals surface area contributed by atoms with Crippen molar-refractivity contribution in [3.63, 3.8) is 0 Å². The maximum Gasteiger partial charge on any atom is 0.226 e. The van der Waals surface area contributed by atoms with Crippen molar-refractivity contribution in [2.45, 2.75) is 13.8 Å². The third kappa shape index (κ3) is 4.35. The zero-order valence-electron chi connectivity index (χ0n) is 13.7. The van der Waals surface area contributed by atoms with Crippen molar-refractivity contribution in [1.29, 1.82) is 0 Å². The topological polar surface area (TPSA) is 72.5 Å². The quantitative estimate of drug-likeness (QED) is 0.854. The number of ether oxygens (including phenoxy) is 2. The summed E-state index contributed by atoms with van der Waals surface area (Å²) >= 11 is 0. The van der Waals surface area contributed by atoms with Gasteiger partial charge in [0.1, 0.15) is 17.3 Å². The molecule has 1 amide bonds. The summed E-state index contributed by atoms with van der Waals surface area (Å²) < 4.78 is 10.5. The molecule has 1 aromatic heterocycles. The Balaban J connectivity index is 2.13. The Bertz CT molecular complexity index is 669. The summed E-state index contributed by atoms with van der Waals surface area (Å²) in [6.07, 6.45) is 1.61. The van der Waals surface area contributed by atoms with Crippen LogP contribution in [0.5, 0.6) is 11.5 Å².